The zero-order valence-electron chi connectivity index (χ0n) is 10.3. The van der Waals surface area contributed by atoms with E-state index < -0.39 is 24.0 Å². The lowest BCUT2D eigenvalue weighted by atomic mass is 10.1. The minimum atomic E-state index is -1.22. The summed E-state index contributed by atoms with van der Waals surface area (Å²) in [5.74, 6) is 3.65. The van der Waals surface area contributed by atoms with Crippen molar-refractivity contribution in [1.29, 1.82) is 0 Å². The van der Waals surface area contributed by atoms with Gasteiger partial charge in [-0.25, -0.2) is 0 Å². The number of carboxylic acids is 1. The molecule has 0 aliphatic carbocycles. The first kappa shape index (κ1) is 13.8. The maximum absolute atomic E-state index is 11.2. The first-order valence-electron chi connectivity index (χ1n) is 5.41. The third kappa shape index (κ3) is 5.17. The van der Waals surface area contributed by atoms with E-state index in [0.717, 1.165) is 5.56 Å². The monoisotopic (exact) mass is 246 g/mol. The second-order valence-corrected chi connectivity index (χ2v) is 4.17. The molecule has 0 radical (unpaired) electrons. The topological polar surface area (TPSA) is 63.6 Å². The number of aliphatic carboxylic acids is 1. The van der Waals surface area contributed by atoms with Crippen LogP contribution in [0.15, 0.2) is 30.3 Å². The molecule has 94 valence electrons. The highest BCUT2D eigenvalue weighted by Crippen LogP contribution is 2.09. The van der Waals surface area contributed by atoms with Gasteiger partial charge in [-0.1, -0.05) is 30.0 Å². The zero-order valence-corrected chi connectivity index (χ0v) is 10.3. The van der Waals surface area contributed by atoms with E-state index in [1.165, 1.54) is 0 Å². The highest BCUT2D eigenvalue weighted by Gasteiger charge is 2.21. The van der Waals surface area contributed by atoms with Gasteiger partial charge >= 0.3 is 11.9 Å². The lowest BCUT2D eigenvalue weighted by Crippen LogP contribution is -2.27. The molecule has 4 heteroatoms. The van der Waals surface area contributed by atoms with Crippen LogP contribution in [-0.4, -0.2) is 22.6 Å². The molecule has 0 aliphatic heterocycles. The van der Waals surface area contributed by atoms with Gasteiger partial charge in [-0.05, 0) is 26.0 Å². The quantitative estimate of drug-likeness (QED) is 0.502. The maximum atomic E-state index is 11.2. The van der Waals surface area contributed by atoms with Gasteiger partial charge in [0.1, 0.15) is 6.42 Å². The van der Waals surface area contributed by atoms with E-state index in [1.807, 2.05) is 30.3 Å². The van der Waals surface area contributed by atoms with E-state index in [1.54, 1.807) is 13.8 Å². The fraction of sp³-hybridized carbons (Fsp3) is 0.286. The maximum Gasteiger partial charge on any atom is 0.318 e. The van der Waals surface area contributed by atoms with Crippen LogP contribution in [0, 0.1) is 11.8 Å². The van der Waals surface area contributed by atoms with E-state index in [0.29, 0.717) is 0 Å². The van der Waals surface area contributed by atoms with Crippen LogP contribution in [0.25, 0.3) is 0 Å². The lowest BCUT2D eigenvalue weighted by Gasteiger charge is -2.17. The molecule has 18 heavy (non-hydrogen) atoms. The number of carboxylic acid groups (broad SMARTS) is 1. The Morgan fingerprint density at radius 2 is 1.89 bits per heavy atom. The molecule has 1 aromatic carbocycles. The summed E-state index contributed by atoms with van der Waals surface area (Å²) < 4.78 is 4.98. The number of esters is 1. The number of carbonyl (C=O) groups is 2. The van der Waals surface area contributed by atoms with Crippen molar-refractivity contribution in [3.05, 3.63) is 35.9 Å². The van der Waals surface area contributed by atoms with Crippen LogP contribution in [0.1, 0.15) is 25.8 Å². The largest absolute Gasteiger partial charge is 0.481 e. The summed E-state index contributed by atoms with van der Waals surface area (Å²) in [6.07, 6.45) is -0.656. The zero-order chi connectivity index (χ0) is 13.6. The molecule has 0 heterocycles. The summed E-state index contributed by atoms with van der Waals surface area (Å²) in [6, 6.07) is 9.26. The van der Waals surface area contributed by atoms with Crippen LogP contribution in [0.5, 0.6) is 0 Å². The van der Waals surface area contributed by atoms with Gasteiger partial charge in [0.2, 0.25) is 0 Å². The van der Waals surface area contributed by atoms with Crippen molar-refractivity contribution in [2.24, 2.45) is 0 Å². The van der Waals surface area contributed by atoms with E-state index in [2.05, 4.69) is 11.8 Å². The molecule has 0 bridgehead atoms. The minimum absolute atomic E-state index is 0.656. The molecule has 0 fully saturated rings. The van der Waals surface area contributed by atoms with E-state index in [9.17, 15) is 9.59 Å². The molecule has 4 nitrogen and oxygen atoms in total. The summed E-state index contributed by atoms with van der Waals surface area (Å²) in [6.45, 7) is 3.23. The summed E-state index contributed by atoms with van der Waals surface area (Å²) in [5, 5.41) is 8.45. The molecule has 0 amide bonds. The first-order chi connectivity index (χ1) is 8.39. The van der Waals surface area contributed by atoms with Crippen molar-refractivity contribution in [2.75, 3.05) is 0 Å². The van der Waals surface area contributed by atoms with Gasteiger partial charge in [0, 0.05) is 5.56 Å². The van der Waals surface area contributed by atoms with Crippen molar-refractivity contribution in [1.82, 2.24) is 0 Å². The van der Waals surface area contributed by atoms with E-state index in [4.69, 9.17) is 9.84 Å². The molecular weight excluding hydrogens is 232 g/mol. The molecule has 0 aliphatic rings. The van der Waals surface area contributed by atoms with Gasteiger partial charge < -0.3 is 9.84 Å². The molecule has 0 saturated heterocycles. The summed E-state index contributed by atoms with van der Waals surface area (Å²) in [7, 11) is 0. The van der Waals surface area contributed by atoms with Crippen molar-refractivity contribution >= 4 is 11.9 Å². The number of hydrogen-bond donors (Lipinski definition) is 1. The molecule has 1 N–H and O–H groups in total. The van der Waals surface area contributed by atoms with Crippen molar-refractivity contribution in [3.8, 4) is 11.8 Å². The molecule has 1 rings (SSSR count). The normalized spacial score (nSPS) is 10.1. The van der Waals surface area contributed by atoms with Crippen LogP contribution < -0.4 is 0 Å². The fourth-order valence-electron chi connectivity index (χ4n) is 1.21. The van der Waals surface area contributed by atoms with Gasteiger partial charge in [-0.3, -0.25) is 9.59 Å². The van der Waals surface area contributed by atoms with Crippen LogP contribution in [0.3, 0.4) is 0 Å². The lowest BCUT2D eigenvalue weighted by molar-refractivity contribution is -0.157. The second-order valence-electron chi connectivity index (χ2n) is 4.17. The van der Waals surface area contributed by atoms with Crippen LogP contribution >= 0.6 is 0 Å². The summed E-state index contributed by atoms with van der Waals surface area (Å²) in [4.78, 5) is 21.5. The Hall–Kier alpha value is -2.28. The average molecular weight is 246 g/mol. The Bertz CT molecular complexity index is 492. The fourth-order valence-corrected chi connectivity index (χ4v) is 1.21. The van der Waals surface area contributed by atoms with Crippen molar-refractivity contribution in [2.45, 2.75) is 25.9 Å². The molecule has 0 aromatic heterocycles. The highest BCUT2D eigenvalue weighted by atomic mass is 16.6. The summed E-state index contributed by atoms with van der Waals surface area (Å²) >= 11 is 0. The Labute approximate surface area is 106 Å². The summed E-state index contributed by atoms with van der Waals surface area (Å²) in [5.41, 5.74) is -0.206. The van der Waals surface area contributed by atoms with Gasteiger partial charge in [-0.15, -0.1) is 0 Å². The Morgan fingerprint density at radius 1 is 1.28 bits per heavy atom. The SMILES string of the molecule is CC(C)(C#Cc1ccccc1)OC(=O)CC(=O)O. The van der Waals surface area contributed by atoms with Crippen LogP contribution in [-0.2, 0) is 14.3 Å². The van der Waals surface area contributed by atoms with Gasteiger partial charge in [0.15, 0.2) is 5.60 Å². The molecule has 0 unspecified atom stereocenters. The third-order valence-corrected chi connectivity index (χ3v) is 1.95. The van der Waals surface area contributed by atoms with Crippen molar-refractivity contribution < 1.29 is 19.4 Å². The smallest absolute Gasteiger partial charge is 0.318 e. The van der Waals surface area contributed by atoms with Gasteiger partial charge in [0.25, 0.3) is 0 Å². The standard InChI is InChI=1S/C14H14O4/c1-14(2,18-13(17)10-12(15)16)9-8-11-6-4-3-5-7-11/h3-7H,10H2,1-2H3,(H,15,16). The Balaban J connectivity index is 2.68. The molecule has 0 saturated carbocycles. The van der Waals surface area contributed by atoms with Gasteiger partial charge in [0.05, 0.1) is 0 Å². The Kier molecular flexibility index (Phi) is 4.50. The van der Waals surface area contributed by atoms with Crippen molar-refractivity contribution in [3.63, 3.8) is 0 Å². The van der Waals surface area contributed by atoms with Gasteiger partial charge in [-0.2, -0.15) is 0 Å². The minimum Gasteiger partial charge on any atom is -0.481 e. The number of benzene rings is 1. The number of carbonyl (C=O) groups excluding carboxylic acids is 1. The average Bonchev–Trinajstić information content (AvgIpc) is 2.26. The Morgan fingerprint density at radius 3 is 2.44 bits per heavy atom. The molecule has 1 aromatic rings. The van der Waals surface area contributed by atoms with E-state index >= 15 is 0 Å². The predicted molar refractivity (Wildman–Crippen MR) is 65.7 cm³/mol. The first-order valence-corrected chi connectivity index (χ1v) is 5.41. The molecule has 0 spiro atoms. The number of rotatable bonds is 3. The third-order valence-electron chi connectivity index (χ3n) is 1.95. The number of hydrogen-bond acceptors (Lipinski definition) is 3. The van der Waals surface area contributed by atoms with Crippen LogP contribution in [0.4, 0.5) is 0 Å². The molecule has 0 atom stereocenters. The molecular formula is C14H14O4. The van der Waals surface area contributed by atoms with Crippen LogP contribution in [0.2, 0.25) is 0 Å². The van der Waals surface area contributed by atoms with E-state index in [-0.39, 0.29) is 0 Å². The predicted octanol–water partition coefficient (Wildman–Crippen LogP) is 1.83. The highest BCUT2D eigenvalue weighted by molar-refractivity contribution is 5.90. The second kappa shape index (κ2) is 5.87. The number of ether oxygens (including phenoxy) is 1.